The molecule has 0 aromatic rings. The fourth-order valence-corrected chi connectivity index (χ4v) is 2.84. The summed E-state index contributed by atoms with van der Waals surface area (Å²) < 4.78 is 4.76. The SMILES string of the molecule is COC(=O)[C@@H]1C[C@@H]2CC[C@H]1C[C@H]2O. The van der Waals surface area contributed by atoms with Gasteiger partial charge < -0.3 is 9.84 Å². The third-order valence-corrected chi connectivity index (χ3v) is 3.63. The maximum atomic E-state index is 11.4. The van der Waals surface area contributed by atoms with E-state index in [4.69, 9.17) is 4.74 Å². The van der Waals surface area contributed by atoms with Crippen molar-refractivity contribution in [2.24, 2.45) is 17.8 Å². The summed E-state index contributed by atoms with van der Waals surface area (Å²) >= 11 is 0. The number of methoxy groups -OCH3 is 1. The average Bonchev–Trinajstić information content (AvgIpc) is 2.17. The summed E-state index contributed by atoms with van der Waals surface area (Å²) in [6, 6.07) is 0. The van der Waals surface area contributed by atoms with Gasteiger partial charge in [0.25, 0.3) is 0 Å². The molecule has 0 amide bonds. The van der Waals surface area contributed by atoms with Crippen LogP contribution >= 0.6 is 0 Å². The van der Waals surface area contributed by atoms with Gasteiger partial charge in [0, 0.05) is 0 Å². The van der Waals surface area contributed by atoms with E-state index in [1.807, 2.05) is 0 Å². The van der Waals surface area contributed by atoms with Gasteiger partial charge in [-0.15, -0.1) is 0 Å². The number of aliphatic hydroxyl groups is 1. The largest absolute Gasteiger partial charge is 0.469 e. The Hall–Kier alpha value is -0.570. The van der Waals surface area contributed by atoms with Crippen molar-refractivity contribution in [1.29, 1.82) is 0 Å². The van der Waals surface area contributed by atoms with Gasteiger partial charge in [0.2, 0.25) is 0 Å². The lowest BCUT2D eigenvalue weighted by molar-refractivity contribution is -0.154. The predicted molar refractivity (Wildman–Crippen MR) is 47.0 cm³/mol. The number of fused-ring (bicyclic) bond motifs is 3. The first kappa shape index (κ1) is 9.00. The summed E-state index contributed by atoms with van der Waals surface area (Å²) in [6.07, 6.45) is 3.63. The molecule has 13 heavy (non-hydrogen) atoms. The van der Waals surface area contributed by atoms with Crippen molar-refractivity contribution in [3.8, 4) is 0 Å². The Morgan fingerprint density at radius 3 is 2.46 bits per heavy atom. The van der Waals surface area contributed by atoms with Crippen LogP contribution in [-0.4, -0.2) is 24.3 Å². The predicted octanol–water partition coefficient (Wildman–Crippen LogP) is 0.956. The molecule has 0 spiro atoms. The maximum absolute atomic E-state index is 11.4. The zero-order chi connectivity index (χ0) is 9.42. The second-order valence-corrected chi connectivity index (χ2v) is 4.27. The number of hydrogen-bond donors (Lipinski definition) is 1. The zero-order valence-electron chi connectivity index (χ0n) is 7.90. The molecule has 0 aromatic carbocycles. The Morgan fingerprint density at radius 2 is 2.00 bits per heavy atom. The van der Waals surface area contributed by atoms with Gasteiger partial charge >= 0.3 is 5.97 Å². The summed E-state index contributed by atoms with van der Waals surface area (Å²) in [5, 5.41) is 9.62. The van der Waals surface area contributed by atoms with Crippen molar-refractivity contribution in [3.05, 3.63) is 0 Å². The van der Waals surface area contributed by atoms with Gasteiger partial charge in [-0.2, -0.15) is 0 Å². The minimum Gasteiger partial charge on any atom is -0.469 e. The van der Waals surface area contributed by atoms with Gasteiger partial charge in [-0.05, 0) is 37.5 Å². The molecule has 0 unspecified atom stereocenters. The van der Waals surface area contributed by atoms with Gasteiger partial charge in [-0.3, -0.25) is 4.79 Å². The van der Waals surface area contributed by atoms with E-state index in [1.54, 1.807) is 0 Å². The minimum atomic E-state index is -0.167. The molecule has 3 aliphatic rings. The first-order chi connectivity index (χ1) is 6.22. The lowest BCUT2D eigenvalue weighted by Crippen LogP contribution is -2.43. The summed E-state index contributed by atoms with van der Waals surface area (Å²) in [7, 11) is 1.45. The molecule has 3 nitrogen and oxygen atoms in total. The van der Waals surface area contributed by atoms with Crippen LogP contribution in [0.4, 0.5) is 0 Å². The maximum Gasteiger partial charge on any atom is 0.308 e. The Bertz CT molecular complexity index is 214. The molecule has 0 radical (unpaired) electrons. The number of esters is 1. The smallest absolute Gasteiger partial charge is 0.308 e. The molecule has 0 heterocycles. The first-order valence-corrected chi connectivity index (χ1v) is 4.98. The Balaban J connectivity index is 2.06. The third kappa shape index (κ3) is 1.46. The average molecular weight is 184 g/mol. The zero-order valence-corrected chi connectivity index (χ0v) is 7.90. The van der Waals surface area contributed by atoms with Crippen molar-refractivity contribution >= 4 is 5.97 Å². The van der Waals surface area contributed by atoms with Crippen LogP contribution in [0.15, 0.2) is 0 Å². The van der Waals surface area contributed by atoms with E-state index in [9.17, 15) is 9.90 Å². The molecule has 0 aromatic heterocycles. The van der Waals surface area contributed by atoms with Crippen LogP contribution in [0.25, 0.3) is 0 Å². The molecule has 3 rings (SSSR count). The molecule has 0 aliphatic heterocycles. The van der Waals surface area contributed by atoms with Crippen LogP contribution in [-0.2, 0) is 9.53 Å². The highest BCUT2D eigenvalue weighted by molar-refractivity contribution is 5.73. The lowest BCUT2D eigenvalue weighted by Gasteiger charge is -2.43. The fourth-order valence-electron chi connectivity index (χ4n) is 2.84. The van der Waals surface area contributed by atoms with Crippen molar-refractivity contribution < 1.29 is 14.6 Å². The van der Waals surface area contributed by atoms with Gasteiger partial charge in [-0.25, -0.2) is 0 Å². The highest BCUT2D eigenvalue weighted by Crippen LogP contribution is 2.45. The molecule has 3 heteroatoms. The summed E-state index contributed by atoms with van der Waals surface area (Å²) in [5.74, 6) is 0.690. The van der Waals surface area contributed by atoms with Crippen molar-refractivity contribution in [3.63, 3.8) is 0 Å². The Labute approximate surface area is 78.1 Å². The summed E-state index contributed by atoms with van der Waals surface area (Å²) in [6.45, 7) is 0. The van der Waals surface area contributed by atoms with Gasteiger partial charge in [-0.1, -0.05) is 0 Å². The van der Waals surface area contributed by atoms with Crippen LogP contribution in [0.3, 0.4) is 0 Å². The number of carbonyl (C=O) groups is 1. The second-order valence-electron chi connectivity index (χ2n) is 4.27. The van der Waals surface area contributed by atoms with Crippen molar-refractivity contribution in [1.82, 2.24) is 0 Å². The van der Waals surface area contributed by atoms with Gasteiger partial charge in [0.1, 0.15) is 0 Å². The van der Waals surface area contributed by atoms with Crippen LogP contribution < -0.4 is 0 Å². The normalized spacial score (nSPS) is 43.2. The van der Waals surface area contributed by atoms with E-state index in [-0.39, 0.29) is 18.0 Å². The standard InChI is InChI=1S/C10H16O3/c1-13-10(12)8-4-7-3-2-6(8)5-9(7)11/h6-9,11H,2-5H2,1H3/t6-,7-,8+,9+/m0/s1. The monoisotopic (exact) mass is 184 g/mol. The quantitative estimate of drug-likeness (QED) is 0.617. The molecule has 1 N–H and O–H groups in total. The number of hydrogen-bond acceptors (Lipinski definition) is 3. The molecule has 3 saturated carbocycles. The highest BCUT2D eigenvalue weighted by Gasteiger charge is 2.44. The molecule has 0 saturated heterocycles. The van der Waals surface area contributed by atoms with E-state index in [0.717, 1.165) is 25.7 Å². The first-order valence-electron chi connectivity index (χ1n) is 4.98. The van der Waals surface area contributed by atoms with E-state index < -0.39 is 0 Å². The summed E-state index contributed by atoms with van der Waals surface area (Å²) in [4.78, 5) is 11.4. The van der Waals surface area contributed by atoms with E-state index >= 15 is 0 Å². The Kier molecular flexibility index (Phi) is 2.28. The molecular formula is C10H16O3. The summed E-state index contributed by atoms with van der Waals surface area (Å²) in [5.41, 5.74) is 0. The second kappa shape index (κ2) is 3.29. The minimum absolute atomic E-state index is 0.0622. The number of rotatable bonds is 1. The number of carbonyl (C=O) groups excluding carboxylic acids is 1. The molecule has 4 atom stereocenters. The molecule has 3 aliphatic carbocycles. The molecular weight excluding hydrogens is 168 g/mol. The number of aliphatic hydroxyl groups excluding tert-OH is 1. The Morgan fingerprint density at radius 1 is 1.31 bits per heavy atom. The van der Waals surface area contributed by atoms with Crippen LogP contribution in [0.5, 0.6) is 0 Å². The van der Waals surface area contributed by atoms with E-state index in [1.165, 1.54) is 7.11 Å². The van der Waals surface area contributed by atoms with E-state index in [2.05, 4.69) is 0 Å². The van der Waals surface area contributed by atoms with E-state index in [0.29, 0.717) is 11.8 Å². The highest BCUT2D eigenvalue weighted by atomic mass is 16.5. The van der Waals surface area contributed by atoms with Gasteiger partial charge in [0.15, 0.2) is 0 Å². The van der Waals surface area contributed by atoms with Crippen LogP contribution in [0.1, 0.15) is 25.7 Å². The lowest BCUT2D eigenvalue weighted by atomic mass is 9.63. The molecule has 2 bridgehead atoms. The number of ether oxygens (including phenoxy) is 1. The topological polar surface area (TPSA) is 46.5 Å². The molecule has 3 fully saturated rings. The van der Waals surface area contributed by atoms with Crippen LogP contribution in [0, 0.1) is 17.8 Å². The van der Waals surface area contributed by atoms with Gasteiger partial charge in [0.05, 0.1) is 19.1 Å². The van der Waals surface area contributed by atoms with Crippen LogP contribution in [0.2, 0.25) is 0 Å². The van der Waals surface area contributed by atoms with Crippen molar-refractivity contribution in [2.45, 2.75) is 31.8 Å². The van der Waals surface area contributed by atoms with Crippen molar-refractivity contribution in [2.75, 3.05) is 7.11 Å². The molecule has 74 valence electrons. The third-order valence-electron chi connectivity index (χ3n) is 3.63. The fraction of sp³-hybridized carbons (Fsp3) is 0.900.